The van der Waals surface area contributed by atoms with E-state index in [2.05, 4.69) is 40.8 Å². The lowest BCUT2D eigenvalue weighted by atomic mass is 10.0. The van der Waals surface area contributed by atoms with Gasteiger partial charge in [0.1, 0.15) is 0 Å². The number of rotatable bonds is 0. The Hall–Kier alpha value is -2.86. The molecule has 21 heavy (non-hydrogen) atoms. The molecule has 0 aliphatic rings. The highest BCUT2D eigenvalue weighted by atomic mass is 14.8. The molecule has 2 aromatic carbocycles. The van der Waals surface area contributed by atoms with Crippen LogP contribution < -0.4 is 0 Å². The number of aryl methyl sites for hydroxylation is 2. The number of nitrogens with zero attached hydrogens (tertiary/aromatic N) is 2. The van der Waals surface area contributed by atoms with Gasteiger partial charge in [0.05, 0.1) is 23.1 Å². The van der Waals surface area contributed by atoms with E-state index in [0.29, 0.717) is 5.69 Å². The second kappa shape index (κ2) is 4.07. The van der Waals surface area contributed by atoms with E-state index >= 15 is 0 Å². The van der Waals surface area contributed by atoms with Crippen LogP contribution in [0.25, 0.3) is 37.6 Å². The summed E-state index contributed by atoms with van der Waals surface area (Å²) in [5.74, 6) is 0. The number of benzene rings is 2. The maximum Gasteiger partial charge on any atom is 0.210 e. The molecule has 0 bridgehead atoms. The fourth-order valence-corrected chi connectivity index (χ4v) is 2.90. The predicted octanol–water partition coefficient (Wildman–Crippen LogP) is 5.04. The Kier molecular flexibility index (Phi) is 2.31. The molecule has 3 nitrogen and oxygen atoms in total. The predicted molar refractivity (Wildman–Crippen MR) is 86.8 cm³/mol. The Morgan fingerprint density at radius 3 is 2.62 bits per heavy atom. The van der Waals surface area contributed by atoms with Gasteiger partial charge >= 0.3 is 0 Å². The van der Waals surface area contributed by atoms with Gasteiger partial charge in [-0.15, -0.1) is 0 Å². The highest BCUT2D eigenvalue weighted by Crippen LogP contribution is 2.35. The lowest BCUT2D eigenvalue weighted by molar-refractivity contribution is 1.34. The molecule has 0 aliphatic carbocycles. The third kappa shape index (κ3) is 1.56. The molecule has 4 rings (SSSR count). The Morgan fingerprint density at radius 2 is 1.81 bits per heavy atom. The van der Waals surface area contributed by atoms with Crippen molar-refractivity contribution < 1.29 is 0 Å². The number of aromatic amines is 1. The molecule has 3 heteroatoms. The van der Waals surface area contributed by atoms with E-state index in [1.807, 2.05) is 24.4 Å². The number of nitrogens with one attached hydrogen (secondary N) is 1. The van der Waals surface area contributed by atoms with Gasteiger partial charge in [0.2, 0.25) is 5.69 Å². The van der Waals surface area contributed by atoms with Gasteiger partial charge in [-0.2, -0.15) is 0 Å². The van der Waals surface area contributed by atoms with Crippen LogP contribution in [0.3, 0.4) is 0 Å². The highest BCUT2D eigenvalue weighted by molar-refractivity contribution is 6.18. The largest absolute Gasteiger partial charge is 0.363 e. The van der Waals surface area contributed by atoms with E-state index in [0.717, 1.165) is 32.7 Å². The molecule has 1 N–H and O–H groups in total. The molecule has 0 amide bonds. The highest BCUT2D eigenvalue weighted by Gasteiger charge is 2.11. The maximum absolute atomic E-state index is 7.31. The number of H-pyrrole nitrogens is 1. The zero-order chi connectivity index (χ0) is 14.6. The Bertz CT molecular complexity index is 1060. The molecule has 0 unspecified atom stereocenters. The Balaban J connectivity index is 2.26. The van der Waals surface area contributed by atoms with E-state index in [9.17, 15) is 0 Å². The van der Waals surface area contributed by atoms with Crippen molar-refractivity contribution in [2.45, 2.75) is 13.8 Å². The molecule has 0 spiro atoms. The van der Waals surface area contributed by atoms with Crippen LogP contribution in [0.1, 0.15) is 11.1 Å². The zero-order valence-electron chi connectivity index (χ0n) is 11.9. The number of hydrogen-bond acceptors (Lipinski definition) is 1. The summed E-state index contributed by atoms with van der Waals surface area (Å²) in [7, 11) is 0. The second-order valence-electron chi connectivity index (χ2n) is 5.44. The summed E-state index contributed by atoms with van der Waals surface area (Å²) in [4.78, 5) is 11.6. The van der Waals surface area contributed by atoms with Crippen molar-refractivity contribution in [1.82, 2.24) is 9.97 Å². The van der Waals surface area contributed by atoms with Gasteiger partial charge in [0, 0.05) is 17.0 Å². The number of para-hydroxylation sites is 1. The average molecular weight is 271 g/mol. The van der Waals surface area contributed by atoms with Gasteiger partial charge < -0.3 is 4.98 Å². The summed E-state index contributed by atoms with van der Waals surface area (Å²) < 4.78 is 0. The van der Waals surface area contributed by atoms with E-state index in [-0.39, 0.29) is 0 Å². The van der Waals surface area contributed by atoms with Crippen LogP contribution in [0, 0.1) is 20.4 Å². The van der Waals surface area contributed by atoms with Gasteiger partial charge in [-0.3, -0.25) is 4.98 Å². The summed E-state index contributed by atoms with van der Waals surface area (Å²) in [6.45, 7) is 11.5. The molecule has 0 saturated carbocycles. The van der Waals surface area contributed by atoms with Crippen LogP contribution in [-0.2, 0) is 0 Å². The first-order chi connectivity index (χ1) is 10.2. The van der Waals surface area contributed by atoms with Crippen molar-refractivity contribution in [2.75, 3.05) is 0 Å². The van der Waals surface area contributed by atoms with Gasteiger partial charge in [-0.1, -0.05) is 18.2 Å². The molecule has 0 radical (unpaired) electrons. The molecule has 0 saturated heterocycles. The van der Waals surface area contributed by atoms with Crippen LogP contribution in [0.4, 0.5) is 5.69 Å². The van der Waals surface area contributed by atoms with Crippen LogP contribution in [0.15, 0.2) is 36.5 Å². The zero-order valence-corrected chi connectivity index (χ0v) is 11.9. The standard InChI is InChI=1S/C18H13N3/c1-10-7-13-16(8-11(10)2)20-9-14-12-5-4-6-15(19-3)18(12)21-17(13)14/h4-9,21H,1-2H3. The van der Waals surface area contributed by atoms with Crippen LogP contribution in [0.2, 0.25) is 0 Å². The van der Waals surface area contributed by atoms with E-state index in [1.165, 1.54) is 11.1 Å². The van der Waals surface area contributed by atoms with Gasteiger partial charge in [-0.05, 0) is 42.5 Å². The summed E-state index contributed by atoms with van der Waals surface area (Å²) in [6.07, 6.45) is 1.90. The average Bonchev–Trinajstić information content (AvgIpc) is 2.87. The first-order valence-corrected chi connectivity index (χ1v) is 6.87. The van der Waals surface area contributed by atoms with Gasteiger partial charge in [-0.25, -0.2) is 4.85 Å². The minimum atomic E-state index is 0.653. The van der Waals surface area contributed by atoms with Crippen molar-refractivity contribution in [3.63, 3.8) is 0 Å². The fourth-order valence-electron chi connectivity index (χ4n) is 2.90. The van der Waals surface area contributed by atoms with Crippen LogP contribution >= 0.6 is 0 Å². The number of pyridine rings is 1. The third-order valence-corrected chi connectivity index (χ3v) is 4.19. The lowest BCUT2D eigenvalue weighted by Crippen LogP contribution is -1.86. The molecular weight excluding hydrogens is 258 g/mol. The first-order valence-electron chi connectivity index (χ1n) is 6.87. The van der Waals surface area contributed by atoms with E-state index in [1.54, 1.807) is 0 Å². The van der Waals surface area contributed by atoms with Crippen LogP contribution in [-0.4, -0.2) is 9.97 Å². The van der Waals surface area contributed by atoms with Gasteiger partial charge in [0.25, 0.3) is 0 Å². The monoisotopic (exact) mass is 271 g/mol. The first kappa shape index (κ1) is 11.9. The molecule has 2 heterocycles. The SMILES string of the molecule is [C-]#[N+]c1cccc2c1[nH]c1c3cc(C)c(C)cc3ncc21. The second-order valence-corrected chi connectivity index (χ2v) is 5.44. The summed E-state index contributed by atoms with van der Waals surface area (Å²) in [5.41, 5.74) is 6.10. The molecular formula is C18H13N3. The van der Waals surface area contributed by atoms with Crippen molar-refractivity contribution in [3.05, 3.63) is 59.1 Å². The maximum atomic E-state index is 7.31. The van der Waals surface area contributed by atoms with Crippen molar-refractivity contribution in [1.29, 1.82) is 0 Å². The summed E-state index contributed by atoms with van der Waals surface area (Å²) >= 11 is 0. The molecule has 0 aliphatic heterocycles. The third-order valence-electron chi connectivity index (χ3n) is 4.19. The van der Waals surface area contributed by atoms with Crippen LogP contribution in [0.5, 0.6) is 0 Å². The molecule has 100 valence electrons. The van der Waals surface area contributed by atoms with E-state index < -0.39 is 0 Å². The van der Waals surface area contributed by atoms with Crippen molar-refractivity contribution in [3.8, 4) is 0 Å². The summed E-state index contributed by atoms with van der Waals surface area (Å²) in [5, 5.41) is 3.25. The Morgan fingerprint density at radius 1 is 1.00 bits per heavy atom. The van der Waals surface area contributed by atoms with Crippen molar-refractivity contribution in [2.24, 2.45) is 0 Å². The minimum Gasteiger partial charge on any atom is -0.363 e. The smallest absolute Gasteiger partial charge is 0.210 e. The number of hydrogen-bond donors (Lipinski definition) is 1. The lowest BCUT2D eigenvalue weighted by Gasteiger charge is -2.04. The topological polar surface area (TPSA) is 33.0 Å². The quantitative estimate of drug-likeness (QED) is 0.447. The molecule has 2 aromatic heterocycles. The number of aromatic nitrogens is 2. The number of fused-ring (bicyclic) bond motifs is 5. The molecule has 0 atom stereocenters. The Labute approximate surface area is 122 Å². The minimum absolute atomic E-state index is 0.653. The fraction of sp³-hybridized carbons (Fsp3) is 0.111. The van der Waals surface area contributed by atoms with Crippen molar-refractivity contribution >= 4 is 38.4 Å². The van der Waals surface area contributed by atoms with Gasteiger partial charge in [0.15, 0.2) is 0 Å². The molecule has 4 aromatic rings. The van der Waals surface area contributed by atoms with E-state index in [4.69, 9.17) is 6.57 Å². The molecule has 0 fully saturated rings. The normalized spacial score (nSPS) is 11.3. The summed E-state index contributed by atoms with van der Waals surface area (Å²) in [6, 6.07) is 10.1.